The number of alkyl halides is 2. The van der Waals surface area contributed by atoms with Crippen molar-refractivity contribution in [1.29, 1.82) is 0 Å². The van der Waals surface area contributed by atoms with Gasteiger partial charge in [0.1, 0.15) is 11.2 Å². The number of piperidine rings is 1. The van der Waals surface area contributed by atoms with Crippen molar-refractivity contribution < 1.29 is 28.2 Å². The van der Waals surface area contributed by atoms with Gasteiger partial charge in [0, 0.05) is 32.5 Å². The lowest BCUT2D eigenvalue weighted by atomic mass is 9.84. The van der Waals surface area contributed by atoms with E-state index in [9.17, 15) is 23.5 Å². The SMILES string of the molecule is C=C(C)CNC(=O)C(F)(F)C1(O)CCN(C(=O)OC(C)(C)C)CC1. The smallest absolute Gasteiger partial charge is 0.410 e. The average molecular weight is 348 g/mol. The lowest BCUT2D eigenvalue weighted by Crippen LogP contribution is -2.62. The van der Waals surface area contributed by atoms with Crippen LogP contribution in [0.5, 0.6) is 0 Å². The Morgan fingerprint density at radius 3 is 2.21 bits per heavy atom. The lowest BCUT2D eigenvalue weighted by Gasteiger charge is -2.41. The molecule has 0 aromatic carbocycles. The molecule has 1 rings (SSSR count). The molecular formula is C16H26F2N2O4. The Hall–Kier alpha value is -1.70. The van der Waals surface area contributed by atoms with Gasteiger partial charge in [-0.3, -0.25) is 4.79 Å². The third-order valence-corrected chi connectivity index (χ3v) is 3.66. The van der Waals surface area contributed by atoms with Gasteiger partial charge in [-0.05, 0) is 27.7 Å². The van der Waals surface area contributed by atoms with Crippen LogP contribution in [0.2, 0.25) is 0 Å². The molecule has 0 aliphatic carbocycles. The van der Waals surface area contributed by atoms with Gasteiger partial charge in [0.2, 0.25) is 0 Å². The van der Waals surface area contributed by atoms with E-state index in [1.54, 1.807) is 27.7 Å². The summed E-state index contributed by atoms with van der Waals surface area (Å²) in [4.78, 5) is 24.9. The molecule has 0 aromatic heterocycles. The average Bonchev–Trinajstić information content (AvgIpc) is 2.43. The van der Waals surface area contributed by atoms with Gasteiger partial charge in [0.25, 0.3) is 5.91 Å². The summed E-state index contributed by atoms with van der Waals surface area (Å²) < 4.78 is 33.8. The largest absolute Gasteiger partial charge is 0.444 e. The first-order chi connectivity index (χ1) is 10.8. The van der Waals surface area contributed by atoms with Gasteiger partial charge in [-0.1, -0.05) is 12.2 Å². The number of carbonyl (C=O) groups excluding carboxylic acids is 2. The van der Waals surface area contributed by atoms with Gasteiger partial charge >= 0.3 is 12.0 Å². The van der Waals surface area contributed by atoms with Crippen molar-refractivity contribution in [3.63, 3.8) is 0 Å². The summed E-state index contributed by atoms with van der Waals surface area (Å²) in [7, 11) is 0. The summed E-state index contributed by atoms with van der Waals surface area (Å²) in [5, 5.41) is 12.3. The molecule has 1 heterocycles. The molecule has 0 radical (unpaired) electrons. The number of nitrogens with one attached hydrogen (secondary N) is 1. The van der Waals surface area contributed by atoms with Gasteiger partial charge in [0.15, 0.2) is 0 Å². The predicted octanol–water partition coefficient (Wildman–Crippen LogP) is 2.08. The number of rotatable bonds is 4. The molecule has 138 valence electrons. The van der Waals surface area contributed by atoms with Crippen molar-refractivity contribution >= 4 is 12.0 Å². The highest BCUT2D eigenvalue weighted by atomic mass is 19.3. The first-order valence-corrected chi connectivity index (χ1v) is 7.79. The Labute approximate surface area is 140 Å². The molecule has 1 saturated heterocycles. The molecule has 2 amide bonds. The van der Waals surface area contributed by atoms with Gasteiger partial charge in [-0.2, -0.15) is 8.78 Å². The summed E-state index contributed by atoms with van der Waals surface area (Å²) in [6, 6.07) is 0. The molecule has 8 heteroatoms. The van der Waals surface area contributed by atoms with E-state index in [1.807, 2.05) is 0 Å². The Morgan fingerprint density at radius 1 is 1.29 bits per heavy atom. The van der Waals surface area contributed by atoms with E-state index in [1.165, 1.54) is 4.90 Å². The van der Waals surface area contributed by atoms with Crippen LogP contribution in [0.25, 0.3) is 0 Å². The topological polar surface area (TPSA) is 78.9 Å². The van der Waals surface area contributed by atoms with E-state index in [0.29, 0.717) is 5.57 Å². The molecule has 1 aliphatic rings. The van der Waals surface area contributed by atoms with E-state index in [-0.39, 0.29) is 19.6 Å². The minimum atomic E-state index is -3.96. The van der Waals surface area contributed by atoms with E-state index >= 15 is 0 Å². The molecule has 0 unspecified atom stereocenters. The van der Waals surface area contributed by atoms with Crippen molar-refractivity contribution in [1.82, 2.24) is 10.2 Å². The highest BCUT2D eigenvalue weighted by molar-refractivity contribution is 5.85. The second-order valence-corrected chi connectivity index (χ2v) is 7.21. The fourth-order valence-electron chi connectivity index (χ4n) is 2.25. The first kappa shape index (κ1) is 20.3. The van der Waals surface area contributed by atoms with Crippen LogP contribution in [0.15, 0.2) is 12.2 Å². The summed E-state index contributed by atoms with van der Waals surface area (Å²) in [6.45, 7) is 9.88. The van der Waals surface area contributed by atoms with Gasteiger partial charge < -0.3 is 20.1 Å². The van der Waals surface area contributed by atoms with Gasteiger partial charge in [-0.25, -0.2) is 4.79 Å². The summed E-state index contributed by atoms with van der Waals surface area (Å²) in [6.07, 6.45) is -1.46. The Kier molecular flexibility index (Phi) is 5.97. The number of ether oxygens (including phenoxy) is 1. The molecule has 0 bridgehead atoms. The van der Waals surface area contributed by atoms with Crippen LogP contribution in [-0.2, 0) is 9.53 Å². The zero-order chi connectivity index (χ0) is 18.8. The van der Waals surface area contributed by atoms with Crippen molar-refractivity contribution in [2.75, 3.05) is 19.6 Å². The highest BCUT2D eigenvalue weighted by Crippen LogP contribution is 2.38. The Bertz CT molecular complexity index is 507. The van der Waals surface area contributed by atoms with Crippen LogP contribution < -0.4 is 5.32 Å². The van der Waals surface area contributed by atoms with Crippen molar-refractivity contribution in [2.45, 2.75) is 57.7 Å². The first-order valence-electron chi connectivity index (χ1n) is 7.79. The van der Waals surface area contributed by atoms with Gasteiger partial charge in [0.05, 0.1) is 0 Å². The van der Waals surface area contributed by atoms with Crippen LogP contribution >= 0.6 is 0 Å². The molecule has 0 spiro atoms. The zero-order valence-corrected chi connectivity index (χ0v) is 14.6. The second kappa shape index (κ2) is 7.04. The second-order valence-electron chi connectivity index (χ2n) is 7.21. The summed E-state index contributed by atoms with van der Waals surface area (Å²) >= 11 is 0. The van der Waals surface area contributed by atoms with Crippen LogP contribution in [0.3, 0.4) is 0 Å². The minimum Gasteiger partial charge on any atom is -0.444 e. The number of carbonyl (C=O) groups is 2. The van der Waals surface area contributed by atoms with Crippen LogP contribution in [-0.4, -0.2) is 58.8 Å². The number of aliphatic hydroxyl groups is 1. The van der Waals surface area contributed by atoms with Crippen LogP contribution in [0.4, 0.5) is 13.6 Å². The normalized spacial score (nSPS) is 18.0. The van der Waals surface area contributed by atoms with Gasteiger partial charge in [-0.15, -0.1) is 0 Å². The van der Waals surface area contributed by atoms with Crippen molar-refractivity contribution in [3.05, 3.63) is 12.2 Å². The third kappa shape index (κ3) is 4.90. The molecular weight excluding hydrogens is 322 g/mol. The standard InChI is InChI=1S/C16H26F2N2O4/c1-11(2)10-19-12(21)16(17,18)15(23)6-8-20(9-7-15)13(22)24-14(3,4)5/h23H,1,6-10H2,2-5H3,(H,19,21). The molecule has 24 heavy (non-hydrogen) atoms. The summed E-state index contributed by atoms with van der Waals surface area (Å²) in [5.41, 5.74) is -2.67. The Morgan fingerprint density at radius 2 is 1.79 bits per heavy atom. The molecule has 1 fully saturated rings. The zero-order valence-electron chi connectivity index (χ0n) is 14.6. The maximum absolute atomic E-state index is 14.3. The summed E-state index contributed by atoms with van der Waals surface area (Å²) in [5.74, 6) is -5.50. The maximum atomic E-state index is 14.3. The molecule has 0 aromatic rings. The van der Waals surface area contributed by atoms with E-state index in [4.69, 9.17) is 4.74 Å². The number of hydrogen-bond acceptors (Lipinski definition) is 4. The molecule has 0 atom stereocenters. The third-order valence-electron chi connectivity index (χ3n) is 3.66. The minimum absolute atomic E-state index is 0.0888. The Balaban J connectivity index is 2.70. The number of nitrogens with zero attached hydrogens (tertiary/aromatic N) is 1. The number of halogens is 2. The van der Waals surface area contributed by atoms with E-state index in [0.717, 1.165) is 0 Å². The lowest BCUT2D eigenvalue weighted by molar-refractivity contribution is -0.203. The van der Waals surface area contributed by atoms with Crippen LogP contribution in [0, 0.1) is 0 Å². The predicted molar refractivity (Wildman–Crippen MR) is 84.8 cm³/mol. The van der Waals surface area contributed by atoms with E-state index in [2.05, 4.69) is 11.9 Å². The molecule has 6 nitrogen and oxygen atoms in total. The number of likely N-dealkylation sites (tertiary alicyclic amines) is 1. The highest BCUT2D eigenvalue weighted by Gasteiger charge is 2.59. The van der Waals surface area contributed by atoms with Crippen molar-refractivity contribution in [3.8, 4) is 0 Å². The van der Waals surface area contributed by atoms with E-state index < -0.39 is 42.0 Å². The monoisotopic (exact) mass is 348 g/mol. The maximum Gasteiger partial charge on any atom is 0.410 e. The van der Waals surface area contributed by atoms with Crippen LogP contribution in [0.1, 0.15) is 40.5 Å². The molecule has 0 saturated carbocycles. The number of hydrogen-bond donors (Lipinski definition) is 2. The molecule has 1 aliphatic heterocycles. The number of amides is 2. The molecule has 2 N–H and O–H groups in total. The fraction of sp³-hybridized carbons (Fsp3) is 0.750. The quantitative estimate of drug-likeness (QED) is 0.763. The fourth-order valence-corrected chi connectivity index (χ4v) is 2.25. The van der Waals surface area contributed by atoms with Crippen molar-refractivity contribution in [2.24, 2.45) is 0 Å².